The fourth-order valence-corrected chi connectivity index (χ4v) is 1.02. The molecule has 68 valence electrons. The first-order valence-corrected chi connectivity index (χ1v) is 3.64. The molecule has 0 radical (unpaired) electrons. The van der Waals surface area contributed by atoms with E-state index in [1.54, 1.807) is 0 Å². The number of benzene rings is 1. The number of ether oxygens (including phenoxy) is 1. The Balaban J connectivity index is 3.50. The Hall–Kier alpha value is -1.47. The minimum atomic E-state index is -0.868. The lowest BCUT2D eigenvalue weighted by molar-refractivity contribution is 0.380. The molecule has 3 nitrogen and oxygen atoms in total. The molecule has 1 aromatic carbocycles. The first-order chi connectivity index (χ1) is 6.11. The fourth-order valence-electron chi connectivity index (χ4n) is 0.845. The lowest BCUT2D eigenvalue weighted by Crippen LogP contribution is -1.92. The van der Waals surface area contributed by atoms with Crippen molar-refractivity contribution in [1.82, 2.24) is 0 Å². The van der Waals surface area contributed by atoms with Gasteiger partial charge in [0.15, 0.2) is 11.6 Å². The maximum atomic E-state index is 13.2. The van der Waals surface area contributed by atoms with E-state index in [1.807, 2.05) is 0 Å². The van der Waals surface area contributed by atoms with Gasteiger partial charge in [-0.25, -0.2) is 4.39 Å². The van der Waals surface area contributed by atoms with Crippen molar-refractivity contribution in [3.05, 3.63) is 22.5 Å². The van der Waals surface area contributed by atoms with Crippen molar-refractivity contribution in [2.24, 2.45) is 0 Å². The van der Waals surface area contributed by atoms with E-state index < -0.39 is 11.4 Å². The highest BCUT2D eigenvalue weighted by Crippen LogP contribution is 2.34. The van der Waals surface area contributed by atoms with Gasteiger partial charge in [0.05, 0.1) is 7.11 Å². The van der Waals surface area contributed by atoms with Crippen LogP contribution in [0.1, 0.15) is 5.56 Å². The van der Waals surface area contributed by atoms with Gasteiger partial charge in [-0.1, -0.05) is 11.6 Å². The standard InChI is InChI=1S/C8H5ClFNO2/c1-13-6-2-5(12)7(9)4(3-11)8(6)10/h2,12H,1H3. The highest BCUT2D eigenvalue weighted by atomic mass is 35.5. The van der Waals surface area contributed by atoms with Gasteiger partial charge in [0.2, 0.25) is 0 Å². The largest absolute Gasteiger partial charge is 0.506 e. The summed E-state index contributed by atoms with van der Waals surface area (Å²) >= 11 is 5.46. The van der Waals surface area contributed by atoms with E-state index in [1.165, 1.54) is 13.2 Å². The number of phenolic OH excluding ortho intramolecular Hbond substituents is 1. The van der Waals surface area contributed by atoms with Gasteiger partial charge in [-0.3, -0.25) is 0 Å². The van der Waals surface area contributed by atoms with Crippen LogP contribution in [-0.4, -0.2) is 12.2 Å². The lowest BCUT2D eigenvalue weighted by atomic mass is 10.2. The number of methoxy groups -OCH3 is 1. The Labute approximate surface area is 78.9 Å². The van der Waals surface area contributed by atoms with Crippen LogP contribution in [0.25, 0.3) is 0 Å². The number of phenols is 1. The molecule has 0 atom stereocenters. The average molecular weight is 202 g/mol. The molecule has 1 rings (SSSR count). The molecule has 0 spiro atoms. The predicted octanol–water partition coefficient (Wildman–Crippen LogP) is 2.06. The first-order valence-electron chi connectivity index (χ1n) is 3.26. The Morgan fingerprint density at radius 1 is 1.69 bits per heavy atom. The molecule has 0 saturated heterocycles. The second-order valence-corrected chi connectivity index (χ2v) is 2.59. The van der Waals surface area contributed by atoms with E-state index in [0.29, 0.717) is 0 Å². The molecule has 0 aliphatic heterocycles. The second kappa shape index (κ2) is 3.50. The molecule has 0 heterocycles. The normalized spacial score (nSPS) is 9.38. The number of aromatic hydroxyl groups is 1. The van der Waals surface area contributed by atoms with Crippen LogP contribution in [0, 0.1) is 17.1 Å². The summed E-state index contributed by atoms with van der Waals surface area (Å²) in [6.07, 6.45) is 0. The Morgan fingerprint density at radius 2 is 2.31 bits per heavy atom. The molecule has 0 unspecified atom stereocenters. The second-order valence-electron chi connectivity index (χ2n) is 2.21. The summed E-state index contributed by atoms with van der Waals surface area (Å²) < 4.78 is 17.7. The highest BCUT2D eigenvalue weighted by Gasteiger charge is 2.16. The minimum absolute atomic E-state index is 0.210. The van der Waals surface area contributed by atoms with E-state index in [2.05, 4.69) is 4.74 Å². The monoisotopic (exact) mass is 201 g/mol. The smallest absolute Gasteiger partial charge is 0.184 e. The van der Waals surface area contributed by atoms with E-state index in [-0.39, 0.29) is 16.5 Å². The van der Waals surface area contributed by atoms with Crippen LogP contribution in [0.4, 0.5) is 4.39 Å². The van der Waals surface area contributed by atoms with Gasteiger partial charge in [-0.15, -0.1) is 0 Å². The van der Waals surface area contributed by atoms with Gasteiger partial charge in [0.25, 0.3) is 0 Å². The molecule has 5 heteroatoms. The van der Waals surface area contributed by atoms with Gasteiger partial charge in [-0.2, -0.15) is 5.26 Å². The van der Waals surface area contributed by atoms with Crippen LogP contribution < -0.4 is 4.74 Å². The Morgan fingerprint density at radius 3 is 2.77 bits per heavy atom. The molecule has 0 aromatic heterocycles. The molecule has 0 bridgehead atoms. The maximum Gasteiger partial charge on any atom is 0.184 e. The van der Waals surface area contributed by atoms with Gasteiger partial charge in [0, 0.05) is 6.07 Å². The van der Waals surface area contributed by atoms with Gasteiger partial charge < -0.3 is 9.84 Å². The predicted molar refractivity (Wildman–Crippen MR) is 44.3 cm³/mol. The number of nitriles is 1. The molecule has 1 N–H and O–H groups in total. The summed E-state index contributed by atoms with van der Waals surface area (Å²) in [5.74, 6) is -1.46. The van der Waals surface area contributed by atoms with E-state index in [0.717, 1.165) is 6.07 Å². The number of rotatable bonds is 1. The van der Waals surface area contributed by atoms with Gasteiger partial charge >= 0.3 is 0 Å². The zero-order valence-electron chi connectivity index (χ0n) is 6.64. The van der Waals surface area contributed by atoms with Crippen LogP contribution in [0.3, 0.4) is 0 Å². The van der Waals surface area contributed by atoms with Crippen molar-refractivity contribution in [1.29, 1.82) is 5.26 Å². The van der Waals surface area contributed by atoms with Crippen molar-refractivity contribution >= 4 is 11.6 Å². The molecule has 0 fully saturated rings. The Kier molecular flexibility index (Phi) is 2.59. The van der Waals surface area contributed by atoms with Crippen LogP contribution in [0.15, 0.2) is 6.07 Å². The number of hydrogen-bond donors (Lipinski definition) is 1. The van der Waals surface area contributed by atoms with Crippen LogP contribution in [0.2, 0.25) is 5.02 Å². The number of halogens is 2. The molecule has 0 aliphatic rings. The van der Waals surface area contributed by atoms with Crippen molar-refractivity contribution in [3.63, 3.8) is 0 Å². The molecular formula is C8H5ClFNO2. The van der Waals surface area contributed by atoms with Gasteiger partial charge in [-0.05, 0) is 0 Å². The van der Waals surface area contributed by atoms with Crippen LogP contribution in [0.5, 0.6) is 11.5 Å². The quantitative estimate of drug-likeness (QED) is 0.757. The van der Waals surface area contributed by atoms with Gasteiger partial charge in [0.1, 0.15) is 22.4 Å². The highest BCUT2D eigenvalue weighted by molar-refractivity contribution is 6.33. The van der Waals surface area contributed by atoms with Crippen molar-refractivity contribution in [2.75, 3.05) is 7.11 Å². The number of nitrogens with zero attached hydrogens (tertiary/aromatic N) is 1. The average Bonchev–Trinajstić information content (AvgIpc) is 2.12. The maximum absolute atomic E-state index is 13.2. The minimum Gasteiger partial charge on any atom is -0.506 e. The molecule has 0 saturated carbocycles. The van der Waals surface area contributed by atoms with Crippen molar-refractivity contribution < 1.29 is 14.2 Å². The first kappa shape index (κ1) is 9.62. The van der Waals surface area contributed by atoms with Crippen molar-refractivity contribution in [3.8, 4) is 17.6 Å². The fraction of sp³-hybridized carbons (Fsp3) is 0.125. The lowest BCUT2D eigenvalue weighted by Gasteiger charge is -2.05. The zero-order chi connectivity index (χ0) is 10.0. The third kappa shape index (κ3) is 1.51. The van der Waals surface area contributed by atoms with E-state index >= 15 is 0 Å². The summed E-state index contributed by atoms with van der Waals surface area (Å²) in [7, 11) is 1.23. The molecule has 0 amide bonds. The zero-order valence-corrected chi connectivity index (χ0v) is 7.39. The summed E-state index contributed by atoms with van der Waals surface area (Å²) in [5.41, 5.74) is -0.418. The SMILES string of the molecule is COc1cc(O)c(Cl)c(C#N)c1F. The van der Waals surface area contributed by atoms with Crippen LogP contribution in [-0.2, 0) is 0 Å². The summed E-state index contributed by atoms with van der Waals surface area (Å²) in [5, 5.41) is 17.3. The summed E-state index contributed by atoms with van der Waals surface area (Å²) in [6, 6.07) is 2.54. The number of hydrogen-bond acceptors (Lipinski definition) is 3. The molecule has 13 heavy (non-hydrogen) atoms. The summed E-state index contributed by atoms with van der Waals surface area (Å²) in [4.78, 5) is 0. The van der Waals surface area contributed by atoms with Crippen molar-refractivity contribution in [2.45, 2.75) is 0 Å². The van der Waals surface area contributed by atoms with E-state index in [4.69, 9.17) is 22.0 Å². The summed E-state index contributed by atoms with van der Waals surface area (Å²) in [6.45, 7) is 0. The third-order valence-electron chi connectivity index (χ3n) is 1.48. The van der Waals surface area contributed by atoms with E-state index in [9.17, 15) is 4.39 Å². The molecule has 0 aliphatic carbocycles. The third-order valence-corrected chi connectivity index (χ3v) is 1.86. The topological polar surface area (TPSA) is 53.2 Å². The Bertz CT molecular complexity index is 387. The van der Waals surface area contributed by atoms with Crippen LogP contribution >= 0.6 is 11.6 Å². The molecule has 1 aromatic rings. The molecular weight excluding hydrogens is 197 g/mol.